The fourth-order valence-corrected chi connectivity index (χ4v) is 2.03. The van der Waals surface area contributed by atoms with Crippen LogP contribution in [0.15, 0.2) is 0 Å². The van der Waals surface area contributed by atoms with Crippen LogP contribution in [0.1, 0.15) is 19.3 Å². The van der Waals surface area contributed by atoms with Crippen molar-refractivity contribution in [1.82, 2.24) is 10.2 Å². The van der Waals surface area contributed by atoms with E-state index in [-0.39, 0.29) is 5.91 Å². The molecule has 0 aromatic rings. The number of hydrogen-bond donors (Lipinski definition) is 1. The Morgan fingerprint density at radius 1 is 1.54 bits per heavy atom. The molecule has 1 fully saturated rings. The molecule has 0 aromatic carbocycles. The number of rotatable bonds is 3. The summed E-state index contributed by atoms with van der Waals surface area (Å²) in [5, 5.41) is 3.07. The van der Waals surface area contributed by atoms with Gasteiger partial charge in [0.2, 0.25) is 5.91 Å². The van der Waals surface area contributed by atoms with Gasteiger partial charge in [0.15, 0.2) is 0 Å². The average molecular weight is 296 g/mol. The van der Waals surface area contributed by atoms with Gasteiger partial charge in [-0.2, -0.15) is 0 Å². The highest BCUT2D eigenvalue weighted by atomic mass is 127. The fourth-order valence-electron chi connectivity index (χ4n) is 1.54. The molecular weight excluding hydrogens is 279 g/mol. The van der Waals surface area contributed by atoms with Gasteiger partial charge in [-0.25, -0.2) is 0 Å². The molecule has 0 atom stereocenters. The van der Waals surface area contributed by atoms with E-state index in [1.807, 2.05) is 0 Å². The van der Waals surface area contributed by atoms with Crippen molar-refractivity contribution in [3.8, 4) is 0 Å². The van der Waals surface area contributed by atoms with Crippen molar-refractivity contribution in [2.45, 2.75) is 25.3 Å². The number of piperidine rings is 1. The highest BCUT2D eigenvalue weighted by Gasteiger charge is 2.17. The first kappa shape index (κ1) is 11.2. The second-order valence-corrected chi connectivity index (χ2v) is 4.66. The second-order valence-electron chi connectivity index (χ2n) is 3.58. The summed E-state index contributed by atoms with van der Waals surface area (Å²) in [7, 11) is 2.13. The van der Waals surface area contributed by atoms with Crippen molar-refractivity contribution < 1.29 is 4.79 Å². The van der Waals surface area contributed by atoms with E-state index in [1.54, 1.807) is 0 Å². The van der Waals surface area contributed by atoms with E-state index in [1.165, 1.54) is 0 Å². The van der Waals surface area contributed by atoms with Gasteiger partial charge < -0.3 is 10.2 Å². The number of carbonyl (C=O) groups is 1. The molecule has 1 heterocycles. The molecule has 0 bridgehead atoms. The van der Waals surface area contributed by atoms with Crippen LogP contribution in [0.2, 0.25) is 0 Å². The summed E-state index contributed by atoms with van der Waals surface area (Å²) in [5.41, 5.74) is 0. The zero-order chi connectivity index (χ0) is 9.68. The Hall–Kier alpha value is 0.160. The topological polar surface area (TPSA) is 32.3 Å². The molecule has 1 aliphatic rings. The van der Waals surface area contributed by atoms with Crippen LogP contribution in [-0.2, 0) is 4.79 Å². The molecule has 1 N–H and O–H groups in total. The minimum absolute atomic E-state index is 0.212. The Bertz CT molecular complexity index is 167. The van der Waals surface area contributed by atoms with Gasteiger partial charge in [-0.3, -0.25) is 4.79 Å². The molecule has 0 unspecified atom stereocenters. The summed E-state index contributed by atoms with van der Waals surface area (Å²) in [5.74, 6) is 0.212. The molecule has 3 nitrogen and oxygen atoms in total. The Balaban J connectivity index is 2.18. The summed E-state index contributed by atoms with van der Waals surface area (Å²) >= 11 is 2.23. The van der Waals surface area contributed by atoms with Crippen LogP contribution >= 0.6 is 22.6 Å². The molecule has 1 aliphatic heterocycles. The van der Waals surface area contributed by atoms with Crippen molar-refractivity contribution in [1.29, 1.82) is 0 Å². The molecule has 4 heteroatoms. The normalized spacial score (nSPS) is 20.2. The van der Waals surface area contributed by atoms with E-state index < -0.39 is 0 Å². The Kier molecular flexibility index (Phi) is 5.01. The van der Waals surface area contributed by atoms with E-state index in [9.17, 15) is 4.79 Å². The Morgan fingerprint density at radius 2 is 2.15 bits per heavy atom. The lowest BCUT2D eigenvalue weighted by atomic mass is 10.1. The molecule has 0 radical (unpaired) electrons. The van der Waals surface area contributed by atoms with E-state index in [0.717, 1.165) is 30.4 Å². The number of likely N-dealkylation sites (tertiary alicyclic amines) is 1. The molecule has 13 heavy (non-hydrogen) atoms. The summed E-state index contributed by atoms with van der Waals surface area (Å²) in [6.45, 7) is 2.21. The van der Waals surface area contributed by atoms with E-state index in [0.29, 0.717) is 12.5 Å². The molecule has 1 saturated heterocycles. The Morgan fingerprint density at radius 3 is 2.69 bits per heavy atom. The third-order valence-electron chi connectivity index (χ3n) is 2.41. The van der Waals surface area contributed by atoms with Gasteiger partial charge in [-0.1, -0.05) is 22.6 Å². The highest BCUT2D eigenvalue weighted by Crippen LogP contribution is 2.08. The molecule has 76 valence electrons. The van der Waals surface area contributed by atoms with Crippen LogP contribution < -0.4 is 5.32 Å². The number of nitrogens with one attached hydrogen (secondary N) is 1. The number of halogens is 1. The highest BCUT2D eigenvalue weighted by molar-refractivity contribution is 14.1. The predicted molar refractivity (Wildman–Crippen MR) is 62.2 cm³/mol. The lowest BCUT2D eigenvalue weighted by molar-refractivity contribution is -0.121. The van der Waals surface area contributed by atoms with Crippen LogP contribution in [0.25, 0.3) is 0 Å². The maximum atomic E-state index is 11.3. The zero-order valence-corrected chi connectivity index (χ0v) is 10.2. The fraction of sp³-hybridized carbons (Fsp3) is 0.889. The monoisotopic (exact) mass is 296 g/mol. The van der Waals surface area contributed by atoms with Gasteiger partial charge in [0.1, 0.15) is 0 Å². The number of hydrogen-bond acceptors (Lipinski definition) is 2. The maximum absolute atomic E-state index is 11.3. The Labute approximate surface area is 93.4 Å². The molecule has 0 aliphatic carbocycles. The molecular formula is C9H17IN2O. The van der Waals surface area contributed by atoms with Crippen molar-refractivity contribution in [2.24, 2.45) is 0 Å². The third kappa shape index (κ3) is 4.26. The van der Waals surface area contributed by atoms with Gasteiger partial charge in [0.05, 0.1) is 0 Å². The number of amides is 1. The van der Waals surface area contributed by atoms with Crippen molar-refractivity contribution in [3.05, 3.63) is 0 Å². The first-order valence-corrected chi connectivity index (χ1v) is 6.29. The smallest absolute Gasteiger partial charge is 0.220 e. The van der Waals surface area contributed by atoms with E-state index in [4.69, 9.17) is 0 Å². The number of carbonyl (C=O) groups excluding carboxylic acids is 1. The molecule has 1 rings (SSSR count). The molecule has 0 saturated carbocycles. The minimum atomic E-state index is 0.212. The summed E-state index contributed by atoms with van der Waals surface area (Å²) in [6, 6.07) is 0.423. The van der Waals surface area contributed by atoms with Crippen LogP contribution in [-0.4, -0.2) is 41.4 Å². The number of nitrogens with zero attached hydrogens (tertiary/aromatic N) is 1. The van der Waals surface area contributed by atoms with Gasteiger partial charge in [-0.05, 0) is 33.0 Å². The minimum Gasteiger partial charge on any atom is -0.353 e. The largest absolute Gasteiger partial charge is 0.353 e. The number of alkyl halides is 1. The van der Waals surface area contributed by atoms with E-state index in [2.05, 4.69) is 39.9 Å². The average Bonchev–Trinajstić information content (AvgIpc) is 2.09. The van der Waals surface area contributed by atoms with Crippen molar-refractivity contribution in [3.63, 3.8) is 0 Å². The zero-order valence-electron chi connectivity index (χ0n) is 8.05. The van der Waals surface area contributed by atoms with E-state index >= 15 is 0 Å². The molecule has 1 amide bonds. The predicted octanol–water partition coefficient (Wildman–Crippen LogP) is 1.02. The molecule has 0 spiro atoms. The van der Waals surface area contributed by atoms with Gasteiger partial charge in [0.25, 0.3) is 0 Å². The second kappa shape index (κ2) is 5.80. The summed E-state index contributed by atoms with van der Waals surface area (Å²) in [6.07, 6.45) is 2.86. The van der Waals surface area contributed by atoms with Gasteiger partial charge >= 0.3 is 0 Å². The lowest BCUT2D eigenvalue weighted by Gasteiger charge is -2.29. The SMILES string of the molecule is CN1CCC(NC(=O)CCI)CC1. The standard InChI is InChI=1S/C9H17IN2O/c1-12-6-3-8(4-7-12)11-9(13)2-5-10/h8H,2-7H2,1H3,(H,11,13). The molecule has 0 aromatic heterocycles. The third-order valence-corrected chi connectivity index (χ3v) is 2.94. The quantitative estimate of drug-likeness (QED) is 0.623. The van der Waals surface area contributed by atoms with Crippen LogP contribution in [0.4, 0.5) is 0 Å². The van der Waals surface area contributed by atoms with Crippen LogP contribution in [0.5, 0.6) is 0 Å². The van der Waals surface area contributed by atoms with Crippen molar-refractivity contribution in [2.75, 3.05) is 24.6 Å². The van der Waals surface area contributed by atoms with Gasteiger partial charge in [-0.15, -0.1) is 0 Å². The summed E-state index contributed by atoms with van der Waals surface area (Å²) < 4.78 is 0.913. The van der Waals surface area contributed by atoms with Crippen LogP contribution in [0.3, 0.4) is 0 Å². The maximum Gasteiger partial charge on any atom is 0.220 e. The first-order valence-electron chi connectivity index (χ1n) is 4.76. The first-order chi connectivity index (χ1) is 6.22. The summed E-state index contributed by atoms with van der Waals surface area (Å²) in [4.78, 5) is 13.6. The van der Waals surface area contributed by atoms with Gasteiger partial charge in [0, 0.05) is 16.9 Å². The van der Waals surface area contributed by atoms with Crippen LogP contribution in [0, 0.1) is 0 Å². The lowest BCUT2D eigenvalue weighted by Crippen LogP contribution is -2.43. The van der Waals surface area contributed by atoms with Crippen molar-refractivity contribution >= 4 is 28.5 Å².